The monoisotopic (exact) mass is 300 g/mol. The highest BCUT2D eigenvalue weighted by atomic mass is 32.2. The Labute approximate surface area is 116 Å². The molecule has 1 aromatic rings. The second-order valence-electron chi connectivity index (χ2n) is 4.20. The van der Waals surface area contributed by atoms with Gasteiger partial charge in [-0.2, -0.15) is 4.31 Å². The van der Waals surface area contributed by atoms with Crippen LogP contribution in [0, 0.1) is 0 Å². The Balaban J connectivity index is 2.94. The van der Waals surface area contributed by atoms with Crippen LogP contribution in [0.25, 0.3) is 0 Å². The van der Waals surface area contributed by atoms with E-state index in [1.165, 1.54) is 0 Å². The highest BCUT2D eigenvalue weighted by Crippen LogP contribution is 2.12. The minimum atomic E-state index is -3.89. The van der Waals surface area contributed by atoms with Crippen molar-refractivity contribution in [2.45, 2.75) is 5.75 Å². The van der Waals surface area contributed by atoms with Crippen LogP contribution in [0.15, 0.2) is 24.3 Å². The van der Waals surface area contributed by atoms with Gasteiger partial charge in [-0.3, -0.25) is 9.59 Å². The SMILES string of the molecule is NC(=O)CN(CC(N)=O)S(=O)(=O)Cc1ccc(N)cc1. The molecule has 0 heterocycles. The average molecular weight is 300 g/mol. The van der Waals surface area contributed by atoms with Gasteiger partial charge in [0, 0.05) is 5.69 Å². The van der Waals surface area contributed by atoms with E-state index in [-0.39, 0.29) is 5.75 Å². The van der Waals surface area contributed by atoms with Crippen molar-refractivity contribution in [1.82, 2.24) is 4.31 Å². The fraction of sp³-hybridized carbons (Fsp3) is 0.273. The van der Waals surface area contributed by atoms with E-state index >= 15 is 0 Å². The number of carbonyl (C=O) groups is 2. The Bertz CT molecular complexity index is 581. The van der Waals surface area contributed by atoms with Crippen molar-refractivity contribution < 1.29 is 18.0 Å². The zero-order valence-corrected chi connectivity index (χ0v) is 11.5. The molecule has 0 radical (unpaired) electrons. The Morgan fingerprint density at radius 3 is 1.85 bits per heavy atom. The molecule has 1 aromatic carbocycles. The van der Waals surface area contributed by atoms with Crippen LogP contribution >= 0.6 is 0 Å². The van der Waals surface area contributed by atoms with Crippen LogP contribution in [0.3, 0.4) is 0 Å². The maximum Gasteiger partial charge on any atom is 0.232 e. The van der Waals surface area contributed by atoms with Crippen LogP contribution in [-0.4, -0.2) is 37.6 Å². The molecule has 20 heavy (non-hydrogen) atoms. The van der Waals surface area contributed by atoms with Gasteiger partial charge in [0.2, 0.25) is 21.8 Å². The summed E-state index contributed by atoms with van der Waals surface area (Å²) in [5.74, 6) is -2.12. The molecule has 1 rings (SSSR count). The van der Waals surface area contributed by atoms with Crippen molar-refractivity contribution in [3.05, 3.63) is 29.8 Å². The second kappa shape index (κ2) is 6.35. The summed E-state index contributed by atoms with van der Waals surface area (Å²) >= 11 is 0. The quantitative estimate of drug-likeness (QED) is 0.517. The summed E-state index contributed by atoms with van der Waals surface area (Å²) in [6.07, 6.45) is 0. The largest absolute Gasteiger partial charge is 0.399 e. The third kappa shape index (κ3) is 4.86. The van der Waals surface area contributed by atoms with Crippen molar-refractivity contribution in [3.63, 3.8) is 0 Å². The van der Waals surface area contributed by atoms with Crippen LogP contribution in [0.5, 0.6) is 0 Å². The van der Waals surface area contributed by atoms with Gasteiger partial charge in [0.05, 0.1) is 18.8 Å². The smallest absolute Gasteiger partial charge is 0.232 e. The van der Waals surface area contributed by atoms with E-state index in [1.54, 1.807) is 24.3 Å². The molecular weight excluding hydrogens is 284 g/mol. The van der Waals surface area contributed by atoms with E-state index in [9.17, 15) is 18.0 Å². The Hall–Kier alpha value is -2.13. The molecule has 8 nitrogen and oxygen atoms in total. The van der Waals surface area contributed by atoms with Crippen molar-refractivity contribution in [1.29, 1.82) is 0 Å². The molecule has 6 N–H and O–H groups in total. The number of nitrogen functional groups attached to an aromatic ring is 1. The zero-order chi connectivity index (χ0) is 15.3. The van der Waals surface area contributed by atoms with E-state index < -0.39 is 34.9 Å². The summed E-state index contributed by atoms with van der Waals surface area (Å²) in [7, 11) is -3.89. The molecule has 9 heteroatoms. The van der Waals surface area contributed by atoms with Crippen LogP contribution < -0.4 is 17.2 Å². The minimum absolute atomic E-state index is 0.381. The molecular formula is C11H16N4O4S. The lowest BCUT2D eigenvalue weighted by molar-refractivity contribution is -0.120. The predicted octanol–water partition coefficient (Wildman–Crippen LogP) is -1.63. The fourth-order valence-corrected chi connectivity index (χ4v) is 2.96. The first-order chi connectivity index (χ1) is 9.20. The van der Waals surface area contributed by atoms with Crippen LogP contribution in [0.4, 0.5) is 5.69 Å². The first-order valence-corrected chi connectivity index (χ1v) is 7.20. The number of nitrogens with zero attached hydrogens (tertiary/aromatic N) is 1. The maximum atomic E-state index is 12.1. The molecule has 0 bridgehead atoms. The van der Waals surface area contributed by atoms with Gasteiger partial charge < -0.3 is 17.2 Å². The van der Waals surface area contributed by atoms with E-state index in [2.05, 4.69) is 0 Å². The summed E-state index contributed by atoms with van der Waals surface area (Å²) in [5, 5.41) is 0. The molecule has 0 unspecified atom stereocenters. The Kier molecular flexibility index (Phi) is 5.06. The molecule has 0 aromatic heterocycles. The van der Waals surface area contributed by atoms with Gasteiger partial charge in [0.15, 0.2) is 0 Å². The zero-order valence-electron chi connectivity index (χ0n) is 10.7. The molecule has 0 spiro atoms. The van der Waals surface area contributed by atoms with Crippen molar-refractivity contribution >= 4 is 27.5 Å². The number of hydrogen-bond acceptors (Lipinski definition) is 5. The number of rotatable bonds is 7. The maximum absolute atomic E-state index is 12.1. The average Bonchev–Trinajstić information content (AvgIpc) is 2.30. The molecule has 2 amide bonds. The normalized spacial score (nSPS) is 11.4. The van der Waals surface area contributed by atoms with E-state index in [4.69, 9.17) is 17.2 Å². The number of sulfonamides is 1. The minimum Gasteiger partial charge on any atom is -0.399 e. The van der Waals surface area contributed by atoms with Gasteiger partial charge in [-0.05, 0) is 17.7 Å². The number of primary amides is 2. The molecule has 0 aliphatic rings. The van der Waals surface area contributed by atoms with Crippen LogP contribution in [0.2, 0.25) is 0 Å². The summed E-state index contributed by atoms with van der Waals surface area (Å²) in [6, 6.07) is 6.19. The third-order valence-electron chi connectivity index (χ3n) is 2.39. The molecule has 0 saturated heterocycles. The summed E-state index contributed by atoms with van der Waals surface area (Å²) in [4.78, 5) is 21.8. The number of anilines is 1. The van der Waals surface area contributed by atoms with Gasteiger partial charge in [-0.1, -0.05) is 12.1 Å². The van der Waals surface area contributed by atoms with Crippen LogP contribution in [0.1, 0.15) is 5.56 Å². The summed E-state index contributed by atoms with van der Waals surface area (Å²) in [5.41, 5.74) is 16.4. The van der Waals surface area contributed by atoms with Crippen molar-refractivity contribution in [2.75, 3.05) is 18.8 Å². The van der Waals surface area contributed by atoms with Gasteiger partial charge in [0.1, 0.15) is 0 Å². The Morgan fingerprint density at radius 1 is 1.00 bits per heavy atom. The van der Waals surface area contributed by atoms with Gasteiger partial charge >= 0.3 is 0 Å². The van der Waals surface area contributed by atoms with Crippen molar-refractivity contribution in [3.8, 4) is 0 Å². The molecule has 0 saturated carbocycles. The fourth-order valence-electron chi connectivity index (χ4n) is 1.52. The molecule has 0 aliphatic carbocycles. The lowest BCUT2D eigenvalue weighted by atomic mass is 10.2. The van der Waals surface area contributed by atoms with E-state index in [0.29, 0.717) is 15.6 Å². The standard InChI is InChI=1S/C11H16N4O4S/c12-9-3-1-8(2-4-9)7-20(18,19)15(5-10(13)16)6-11(14)17/h1-4H,5-7,12H2,(H2,13,16)(H2,14,17). The third-order valence-corrected chi connectivity index (χ3v) is 4.13. The summed E-state index contributed by atoms with van der Waals surface area (Å²) in [6.45, 7) is -1.19. The van der Waals surface area contributed by atoms with Gasteiger partial charge in [-0.25, -0.2) is 8.42 Å². The number of hydrogen-bond donors (Lipinski definition) is 3. The molecule has 110 valence electrons. The first kappa shape index (κ1) is 15.9. The molecule has 0 aliphatic heterocycles. The number of benzene rings is 1. The lowest BCUT2D eigenvalue weighted by Crippen LogP contribution is -2.43. The lowest BCUT2D eigenvalue weighted by Gasteiger charge is -2.19. The predicted molar refractivity (Wildman–Crippen MR) is 73.4 cm³/mol. The van der Waals surface area contributed by atoms with E-state index in [1.807, 2.05) is 0 Å². The summed E-state index contributed by atoms with van der Waals surface area (Å²) < 4.78 is 24.9. The first-order valence-electron chi connectivity index (χ1n) is 5.59. The number of carbonyl (C=O) groups excluding carboxylic acids is 2. The number of amides is 2. The van der Waals surface area contributed by atoms with E-state index in [0.717, 1.165) is 0 Å². The Morgan fingerprint density at radius 2 is 1.45 bits per heavy atom. The van der Waals surface area contributed by atoms with Crippen LogP contribution in [-0.2, 0) is 25.4 Å². The molecule has 0 fully saturated rings. The van der Waals surface area contributed by atoms with Crippen molar-refractivity contribution in [2.24, 2.45) is 11.5 Å². The van der Waals surface area contributed by atoms with Gasteiger partial charge in [0.25, 0.3) is 0 Å². The number of nitrogens with two attached hydrogens (primary N) is 3. The topological polar surface area (TPSA) is 150 Å². The highest BCUT2D eigenvalue weighted by molar-refractivity contribution is 7.88. The molecule has 0 atom stereocenters. The van der Waals surface area contributed by atoms with Gasteiger partial charge in [-0.15, -0.1) is 0 Å². The second-order valence-corrected chi connectivity index (χ2v) is 6.17. The highest BCUT2D eigenvalue weighted by Gasteiger charge is 2.25.